The summed E-state index contributed by atoms with van der Waals surface area (Å²) in [5.41, 5.74) is 0.754. The fourth-order valence-corrected chi connectivity index (χ4v) is 3.32. The van der Waals surface area contributed by atoms with Crippen LogP contribution >= 0.6 is 34.8 Å². The lowest BCUT2D eigenvalue weighted by Gasteiger charge is -2.08. The monoisotopic (exact) mass is 372 g/mol. The second kappa shape index (κ2) is 6.07. The molecule has 0 saturated heterocycles. The molecule has 1 aromatic carbocycles. The number of aryl methyl sites for hydroxylation is 2. The van der Waals surface area contributed by atoms with Crippen LogP contribution in [-0.4, -0.2) is 20.2 Å². The summed E-state index contributed by atoms with van der Waals surface area (Å²) in [7, 11) is 1.74. The number of halogens is 3. The molecule has 0 fully saturated rings. The zero-order chi connectivity index (χ0) is 16.7. The minimum atomic E-state index is -0.367. The summed E-state index contributed by atoms with van der Waals surface area (Å²) in [6.45, 7) is 0.350. The van der Waals surface area contributed by atoms with Crippen LogP contribution in [0.2, 0.25) is 10.0 Å². The van der Waals surface area contributed by atoms with Crippen LogP contribution < -0.4 is 10.1 Å². The van der Waals surface area contributed by atoms with E-state index in [1.54, 1.807) is 46.8 Å². The van der Waals surface area contributed by atoms with E-state index < -0.39 is 0 Å². The molecule has 0 bridgehead atoms. The van der Waals surface area contributed by atoms with Gasteiger partial charge in [0.05, 0.1) is 18.1 Å². The van der Waals surface area contributed by atoms with Crippen LogP contribution in [0, 0.1) is 0 Å². The lowest BCUT2D eigenvalue weighted by molar-refractivity contribution is -0.676. The van der Waals surface area contributed by atoms with Gasteiger partial charge in [0.15, 0.2) is 5.56 Å². The third-order valence-corrected chi connectivity index (χ3v) is 4.20. The molecule has 0 aliphatic carbocycles. The van der Waals surface area contributed by atoms with E-state index in [1.165, 1.54) is 4.52 Å². The van der Waals surface area contributed by atoms with E-state index in [-0.39, 0.29) is 22.9 Å². The van der Waals surface area contributed by atoms with Crippen LogP contribution in [0.3, 0.4) is 0 Å². The van der Waals surface area contributed by atoms with Crippen molar-refractivity contribution in [3.63, 3.8) is 0 Å². The van der Waals surface area contributed by atoms with Gasteiger partial charge in [-0.1, -0.05) is 27.7 Å². The number of aromatic nitrogens is 3. The van der Waals surface area contributed by atoms with Gasteiger partial charge in [0.1, 0.15) is 6.54 Å². The van der Waals surface area contributed by atoms with Gasteiger partial charge >= 0.3 is 11.2 Å². The molecule has 1 N–H and O–H groups in total. The maximum atomic E-state index is 12.9. The third-order valence-electron chi connectivity index (χ3n) is 3.59. The molecule has 0 atom stereocenters. The minimum Gasteiger partial charge on any atom is -0.477 e. The van der Waals surface area contributed by atoms with Crippen LogP contribution in [0.15, 0.2) is 35.3 Å². The Labute approximate surface area is 146 Å². The third kappa shape index (κ3) is 2.69. The van der Waals surface area contributed by atoms with Gasteiger partial charge in [0.2, 0.25) is 0 Å². The molecule has 0 aliphatic rings. The molecule has 5 nitrogen and oxygen atoms in total. The number of aromatic hydroxyl groups is 1. The molecule has 3 rings (SSSR count). The Kier molecular flexibility index (Phi) is 4.27. The fourth-order valence-electron chi connectivity index (χ4n) is 2.63. The molecule has 0 saturated carbocycles. The summed E-state index contributed by atoms with van der Waals surface area (Å²) in [5.74, 6) is 0.122. The van der Waals surface area contributed by atoms with Crippen LogP contribution in [0.1, 0.15) is 0 Å². The highest BCUT2D eigenvalue weighted by molar-refractivity contribution is 6.35. The highest BCUT2D eigenvalue weighted by Gasteiger charge is 2.27. The van der Waals surface area contributed by atoms with Gasteiger partial charge in [-0.2, -0.15) is 4.57 Å². The van der Waals surface area contributed by atoms with Crippen LogP contribution in [0.5, 0.6) is 5.88 Å². The van der Waals surface area contributed by atoms with Crippen molar-refractivity contribution in [2.75, 3.05) is 5.88 Å². The summed E-state index contributed by atoms with van der Waals surface area (Å²) in [6, 6.07) is 6.48. The Bertz CT molecular complexity index is 942. The molecular formula is C15H13Cl3N3O2+. The minimum absolute atomic E-state index is 0.124. The number of nitrogens with zero attached hydrogens (tertiary/aromatic N) is 3. The summed E-state index contributed by atoms with van der Waals surface area (Å²) >= 11 is 17.9. The van der Waals surface area contributed by atoms with Crippen molar-refractivity contribution in [3.05, 3.63) is 50.9 Å². The molecule has 2 aromatic heterocycles. The normalized spacial score (nSPS) is 11.3. The molecule has 0 aliphatic heterocycles. The lowest BCUT2D eigenvalue weighted by atomic mass is 10.1. The van der Waals surface area contributed by atoms with Gasteiger partial charge in [0, 0.05) is 22.7 Å². The van der Waals surface area contributed by atoms with Gasteiger partial charge in [-0.25, -0.2) is 9.48 Å². The van der Waals surface area contributed by atoms with E-state index in [2.05, 4.69) is 0 Å². The lowest BCUT2D eigenvalue weighted by Crippen LogP contribution is -2.42. The largest absolute Gasteiger partial charge is 0.477 e. The highest BCUT2D eigenvalue weighted by atomic mass is 35.5. The van der Waals surface area contributed by atoms with Gasteiger partial charge in [-0.3, -0.25) is 0 Å². The SMILES string of the molecule is Cn1ccc2n1c(=O)c(-c1cc(Cl)cc(Cl)c1)c(O)[n+]2CCCl. The summed E-state index contributed by atoms with van der Waals surface area (Å²) in [6.07, 6.45) is 1.73. The second-order valence-corrected chi connectivity index (χ2v) is 6.31. The zero-order valence-corrected chi connectivity index (χ0v) is 14.4. The van der Waals surface area contributed by atoms with Gasteiger partial charge in [-0.05, 0) is 18.2 Å². The molecule has 2 heterocycles. The van der Waals surface area contributed by atoms with Crippen molar-refractivity contribution in [1.82, 2.24) is 9.20 Å². The summed E-state index contributed by atoms with van der Waals surface area (Å²) in [5, 5.41) is 11.4. The standard InChI is InChI=1S/C15H12Cl3N3O2/c1-19-4-2-12-20(5-3-16)14(22)13(15(23)21(12)19)9-6-10(17)8-11(18)7-9/h2,4,6-8H,3,5H2,1H3/p+1. The summed E-state index contributed by atoms with van der Waals surface area (Å²) in [4.78, 5) is 12.9. The first kappa shape index (κ1) is 16.2. The molecule has 120 valence electrons. The number of fused-ring (bicyclic) bond motifs is 1. The Morgan fingerprint density at radius 2 is 1.87 bits per heavy atom. The van der Waals surface area contributed by atoms with E-state index in [0.717, 1.165) is 0 Å². The second-order valence-electron chi connectivity index (χ2n) is 5.06. The molecule has 0 unspecified atom stereocenters. The number of alkyl halides is 1. The molecule has 0 spiro atoms. The molecule has 23 heavy (non-hydrogen) atoms. The number of hydrogen-bond donors (Lipinski definition) is 1. The molecule has 0 amide bonds. The maximum absolute atomic E-state index is 12.9. The van der Waals surface area contributed by atoms with Crippen molar-refractivity contribution in [2.24, 2.45) is 7.05 Å². The van der Waals surface area contributed by atoms with Gasteiger partial charge in [0.25, 0.3) is 5.88 Å². The van der Waals surface area contributed by atoms with Crippen molar-refractivity contribution < 1.29 is 9.67 Å². The van der Waals surface area contributed by atoms with Crippen LogP contribution in [-0.2, 0) is 13.6 Å². The molecule has 8 heteroatoms. The average Bonchev–Trinajstić information content (AvgIpc) is 2.85. The number of rotatable bonds is 3. The van der Waals surface area contributed by atoms with E-state index in [4.69, 9.17) is 34.8 Å². The first-order chi connectivity index (χ1) is 10.9. The molecule has 0 radical (unpaired) electrons. The van der Waals surface area contributed by atoms with Crippen molar-refractivity contribution >= 4 is 40.4 Å². The topological polar surface area (TPSA) is 50.5 Å². The predicted molar refractivity (Wildman–Crippen MR) is 90.7 cm³/mol. The number of hydrogen-bond acceptors (Lipinski definition) is 2. The summed E-state index contributed by atoms with van der Waals surface area (Å²) < 4.78 is 4.67. The van der Waals surface area contributed by atoms with Crippen LogP contribution in [0.4, 0.5) is 0 Å². The van der Waals surface area contributed by atoms with E-state index in [9.17, 15) is 9.90 Å². The molecule has 3 aromatic rings. The van der Waals surface area contributed by atoms with Gasteiger partial charge in [-0.15, -0.1) is 11.6 Å². The average molecular weight is 374 g/mol. The smallest absolute Gasteiger partial charge is 0.373 e. The first-order valence-corrected chi connectivity index (χ1v) is 8.08. The van der Waals surface area contributed by atoms with E-state index in [1.807, 2.05) is 0 Å². The molecular weight excluding hydrogens is 361 g/mol. The van der Waals surface area contributed by atoms with Gasteiger partial charge < -0.3 is 5.11 Å². The van der Waals surface area contributed by atoms with Crippen LogP contribution in [0.25, 0.3) is 16.8 Å². The van der Waals surface area contributed by atoms with Crippen molar-refractivity contribution in [3.8, 4) is 17.0 Å². The highest BCUT2D eigenvalue weighted by Crippen LogP contribution is 2.29. The maximum Gasteiger partial charge on any atom is 0.373 e. The quantitative estimate of drug-likeness (QED) is 0.567. The van der Waals surface area contributed by atoms with Crippen molar-refractivity contribution in [2.45, 2.75) is 6.54 Å². The van der Waals surface area contributed by atoms with E-state index >= 15 is 0 Å². The Hall–Kier alpha value is -1.69. The first-order valence-electron chi connectivity index (χ1n) is 6.79. The Morgan fingerprint density at radius 3 is 2.48 bits per heavy atom. The van der Waals surface area contributed by atoms with Crippen molar-refractivity contribution in [1.29, 1.82) is 0 Å². The van der Waals surface area contributed by atoms with E-state index in [0.29, 0.717) is 27.8 Å². The predicted octanol–water partition coefficient (Wildman–Crippen LogP) is 2.84. The number of benzene rings is 1. The Balaban J connectivity index is 2.45. The fraction of sp³-hybridized carbons (Fsp3) is 0.200. The zero-order valence-electron chi connectivity index (χ0n) is 12.1. The Morgan fingerprint density at radius 1 is 1.22 bits per heavy atom.